The van der Waals surface area contributed by atoms with E-state index in [9.17, 15) is 5.11 Å². The van der Waals surface area contributed by atoms with Gasteiger partial charge in [0.1, 0.15) is 0 Å². The van der Waals surface area contributed by atoms with Crippen molar-refractivity contribution in [1.82, 2.24) is 0 Å². The number of hydrogen-bond donors (Lipinski definition) is 2. The number of hydrogen-bond acceptors (Lipinski definition) is 3. The number of aliphatic hydroxyl groups excluding tert-OH is 1. The molecule has 0 aromatic heterocycles. The number of nitrogens with zero attached hydrogens (tertiary/aromatic N) is 1. The molecule has 0 saturated carbocycles. The van der Waals surface area contributed by atoms with Gasteiger partial charge in [0.05, 0.1) is 6.10 Å². The first-order valence-electron chi connectivity index (χ1n) is 5.45. The average Bonchev–Trinajstić information content (AvgIpc) is 2.68. The maximum atomic E-state index is 9.51. The molecule has 0 amide bonds. The maximum Gasteiger partial charge on any atom is 0.0557 e. The Labute approximate surface area is 90.5 Å². The average molecular weight is 206 g/mol. The molecule has 0 bridgehead atoms. The maximum absolute atomic E-state index is 9.51. The van der Waals surface area contributed by atoms with Gasteiger partial charge in [-0.05, 0) is 37.6 Å². The van der Waals surface area contributed by atoms with Gasteiger partial charge in [0.15, 0.2) is 0 Å². The summed E-state index contributed by atoms with van der Waals surface area (Å²) >= 11 is 0. The van der Waals surface area contributed by atoms with Gasteiger partial charge in [-0.2, -0.15) is 0 Å². The van der Waals surface area contributed by atoms with Gasteiger partial charge in [-0.3, -0.25) is 0 Å². The molecular weight excluding hydrogens is 188 g/mol. The molecule has 82 valence electrons. The van der Waals surface area contributed by atoms with Crippen molar-refractivity contribution in [2.45, 2.75) is 19.4 Å². The van der Waals surface area contributed by atoms with Crippen LogP contribution in [0.15, 0.2) is 24.3 Å². The Morgan fingerprint density at radius 3 is 2.60 bits per heavy atom. The number of rotatable bonds is 2. The first-order chi connectivity index (χ1) is 7.16. The molecule has 0 radical (unpaired) electrons. The Morgan fingerprint density at radius 1 is 1.40 bits per heavy atom. The zero-order valence-corrected chi connectivity index (χ0v) is 9.06. The quantitative estimate of drug-likeness (QED) is 0.720. The molecule has 2 atom stereocenters. The molecule has 1 heterocycles. The third-order valence-electron chi connectivity index (χ3n) is 3.17. The summed E-state index contributed by atoms with van der Waals surface area (Å²) < 4.78 is 0. The molecule has 15 heavy (non-hydrogen) atoms. The van der Waals surface area contributed by atoms with Crippen LogP contribution in [-0.2, 0) is 0 Å². The van der Waals surface area contributed by atoms with E-state index in [0.29, 0.717) is 5.92 Å². The smallest absolute Gasteiger partial charge is 0.0557 e. The molecule has 2 unspecified atom stereocenters. The Morgan fingerprint density at radius 2 is 2.07 bits per heavy atom. The van der Waals surface area contributed by atoms with Gasteiger partial charge < -0.3 is 15.7 Å². The van der Waals surface area contributed by atoms with E-state index >= 15 is 0 Å². The predicted octanol–water partition coefficient (Wildman–Crippen LogP) is 1.48. The minimum Gasteiger partial charge on any atom is -0.399 e. The summed E-state index contributed by atoms with van der Waals surface area (Å²) in [5.41, 5.74) is 7.64. The van der Waals surface area contributed by atoms with Crippen LogP contribution in [0.25, 0.3) is 0 Å². The standard InChI is InChI=1S/C12H18N2O/c1-9(15)10-6-7-14(8-10)12-4-2-11(13)3-5-12/h2-5,9-10,15H,6-8,13H2,1H3. The highest BCUT2D eigenvalue weighted by Crippen LogP contribution is 2.26. The molecule has 3 heteroatoms. The number of anilines is 2. The van der Waals surface area contributed by atoms with E-state index < -0.39 is 0 Å². The number of benzene rings is 1. The zero-order valence-electron chi connectivity index (χ0n) is 9.06. The van der Waals surface area contributed by atoms with Crippen molar-refractivity contribution >= 4 is 11.4 Å². The zero-order chi connectivity index (χ0) is 10.8. The Bertz CT molecular complexity index is 321. The molecule has 1 aromatic carbocycles. The number of nitrogen functional groups attached to an aromatic ring is 1. The fourth-order valence-electron chi connectivity index (χ4n) is 2.10. The highest BCUT2D eigenvalue weighted by molar-refractivity contribution is 5.53. The van der Waals surface area contributed by atoms with E-state index in [0.717, 1.165) is 25.2 Å². The normalized spacial score (nSPS) is 23.1. The Kier molecular flexibility index (Phi) is 2.82. The monoisotopic (exact) mass is 206 g/mol. The lowest BCUT2D eigenvalue weighted by Crippen LogP contribution is -2.23. The van der Waals surface area contributed by atoms with Gasteiger partial charge >= 0.3 is 0 Å². The molecular formula is C12H18N2O. The molecule has 1 aliphatic rings. The van der Waals surface area contributed by atoms with Crippen LogP contribution in [0.1, 0.15) is 13.3 Å². The third kappa shape index (κ3) is 2.23. The summed E-state index contributed by atoms with van der Waals surface area (Å²) in [4.78, 5) is 2.30. The fraction of sp³-hybridized carbons (Fsp3) is 0.500. The van der Waals surface area contributed by atoms with Gasteiger partial charge in [0, 0.05) is 30.4 Å². The largest absolute Gasteiger partial charge is 0.399 e. The molecule has 3 nitrogen and oxygen atoms in total. The van der Waals surface area contributed by atoms with Crippen LogP contribution >= 0.6 is 0 Å². The first-order valence-corrected chi connectivity index (χ1v) is 5.45. The van der Waals surface area contributed by atoms with Crippen molar-refractivity contribution in [2.24, 2.45) is 5.92 Å². The van der Waals surface area contributed by atoms with Crippen LogP contribution in [0, 0.1) is 5.92 Å². The SMILES string of the molecule is CC(O)C1CCN(c2ccc(N)cc2)C1. The summed E-state index contributed by atoms with van der Waals surface area (Å²) in [5, 5.41) is 9.51. The third-order valence-corrected chi connectivity index (χ3v) is 3.17. The molecule has 1 saturated heterocycles. The van der Waals surface area contributed by atoms with E-state index in [1.807, 2.05) is 31.2 Å². The Balaban J connectivity index is 2.04. The van der Waals surface area contributed by atoms with Crippen molar-refractivity contribution in [2.75, 3.05) is 23.7 Å². The van der Waals surface area contributed by atoms with E-state index in [-0.39, 0.29) is 6.10 Å². The second-order valence-electron chi connectivity index (χ2n) is 4.33. The van der Waals surface area contributed by atoms with E-state index in [4.69, 9.17) is 5.73 Å². The van der Waals surface area contributed by atoms with Crippen LogP contribution in [-0.4, -0.2) is 24.3 Å². The highest BCUT2D eigenvalue weighted by atomic mass is 16.3. The molecule has 3 N–H and O–H groups in total. The van der Waals surface area contributed by atoms with Gasteiger partial charge in [-0.1, -0.05) is 0 Å². The summed E-state index contributed by atoms with van der Waals surface area (Å²) in [6.45, 7) is 3.85. The summed E-state index contributed by atoms with van der Waals surface area (Å²) in [5.74, 6) is 0.405. The van der Waals surface area contributed by atoms with Crippen LogP contribution in [0.4, 0.5) is 11.4 Å². The van der Waals surface area contributed by atoms with E-state index in [2.05, 4.69) is 4.90 Å². The van der Waals surface area contributed by atoms with E-state index in [1.165, 1.54) is 5.69 Å². The fourth-order valence-corrected chi connectivity index (χ4v) is 2.10. The summed E-state index contributed by atoms with van der Waals surface area (Å²) in [6.07, 6.45) is 0.867. The second kappa shape index (κ2) is 4.11. The van der Waals surface area contributed by atoms with Crippen molar-refractivity contribution in [3.63, 3.8) is 0 Å². The van der Waals surface area contributed by atoms with Crippen LogP contribution < -0.4 is 10.6 Å². The molecule has 0 spiro atoms. The van der Waals surface area contributed by atoms with Crippen molar-refractivity contribution in [3.8, 4) is 0 Å². The Hall–Kier alpha value is -1.22. The molecule has 1 fully saturated rings. The topological polar surface area (TPSA) is 49.5 Å². The van der Waals surface area contributed by atoms with Crippen molar-refractivity contribution < 1.29 is 5.11 Å². The summed E-state index contributed by atoms with van der Waals surface area (Å²) in [6, 6.07) is 7.93. The van der Waals surface area contributed by atoms with Crippen molar-refractivity contribution in [3.05, 3.63) is 24.3 Å². The molecule has 0 aliphatic carbocycles. The predicted molar refractivity (Wildman–Crippen MR) is 62.9 cm³/mol. The minimum atomic E-state index is -0.205. The minimum absolute atomic E-state index is 0.205. The van der Waals surface area contributed by atoms with Gasteiger partial charge in [0.25, 0.3) is 0 Å². The van der Waals surface area contributed by atoms with Crippen LogP contribution in [0.5, 0.6) is 0 Å². The molecule has 1 aromatic rings. The van der Waals surface area contributed by atoms with Gasteiger partial charge in [0.2, 0.25) is 0 Å². The van der Waals surface area contributed by atoms with Gasteiger partial charge in [-0.15, -0.1) is 0 Å². The summed E-state index contributed by atoms with van der Waals surface area (Å²) in [7, 11) is 0. The number of aliphatic hydroxyl groups is 1. The lowest BCUT2D eigenvalue weighted by molar-refractivity contribution is 0.136. The lowest BCUT2D eigenvalue weighted by atomic mass is 10.0. The van der Waals surface area contributed by atoms with Gasteiger partial charge in [-0.25, -0.2) is 0 Å². The van der Waals surface area contributed by atoms with Crippen molar-refractivity contribution in [1.29, 1.82) is 0 Å². The number of nitrogens with two attached hydrogens (primary N) is 1. The first kappa shape index (κ1) is 10.3. The highest BCUT2D eigenvalue weighted by Gasteiger charge is 2.25. The lowest BCUT2D eigenvalue weighted by Gasteiger charge is -2.19. The van der Waals surface area contributed by atoms with Crippen LogP contribution in [0.2, 0.25) is 0 Å². The molecule has 2 rings (SSSR count). The van der Waals surface area contributed by atoms with Crippen LogP contribution in [0.3, 0.4) is 0 Å². The van der Waals surface area contributed by atoms with E-state index in [1.54, 1.807) is 0 Å². The molecule has 1 aliphatic heterocycles. The second-order valence-corrected chi connectivity index (χ2v) is 4.33.